The first-order chi connectivity index (χ1) is 8.04. The number of hydrogen-bond donors (Lipinski definition) is 2. The van der Waals surface area contributed by atoms with Crippen LogP contribution in [0.4, 0.5) is 0 Å². The second-order valence-corrected chi connectivity index (χ2v) is 5.38. The van der Waals surface area contributed by atoms with E-state index >= 15 is 0 Å². The molecule has 1 aromatic rings. The summed E-state index contributed by atoms with van der Waals surface area (Å²) in [4.78, 5) is 0. The molecule has 3 nitrogen and oxygen atoms in total. The van der Waals surface area contributed by atoms with Gasteiger partial charge in [0.1, 0.15) is 5.75 Å². The van der Waals surface area contributed by atoms with Crippen LogP contribution in [-0.4, -0.2) is 30.0 Å². The van der Waals surface area contributed by atoms with Crippen LogP contribution in [0.3, 0.4) is 0 Å². The first-order valence-electron chi connectivity index (χ1n) is 5.65. The molecule has 0 atom stereocenters. The van der Waals surface area contributed by atoms with Crippen LogP contribution in [0.1, 0.15) is 19.4 Å². The maximum Gasteiger partial charge on any atom is 0.488 e. The van der Waals surface area contributed by atoms with Crippen molar-refractivity contribution >= 4 is 24.3 Å². The normalized spacial score (nSPS) is 10.7. The van der Waals surface area contributed by atoms with E-state index in [2.05, 4.69) is 13.8 Å². The Morgan fingerprint density at radius 2 is 2.06 bits per heavy atom. The van der Waals surface area contributed by atoms with Gasteiger partial charge < -0.3 is 14.8 Å². The van der Waals surface area contributed by atoms with Gasteiger partial charge in [0, 0.05) is 5.75 Å². The second kappa shape index (κ2) is 6.94. The summed E-state index contributed by atoms with van der Waals surface area (Å²) >= 11 is 1.79. The number of rotatable bonds is 6. The average molecular weight is 254 g/mol. The van der Waals surface area contributed by atoms with E-state index in [0.717, 1.165) is 22.8 Å². The van der Waals surface area contributed by atoms with Gasteiger partial charge in [0.2, 0.25) is 0 Å². The Morgan fingerprint density at radius 3 is 2.59 bits per heavy atom. The molecule has 2 N–H and O–H groups in total. The summed E-state index contributed by atoms with van der Waals surface area (Å²) < 4.78 is 5.14. The van der Waals surface area contributed by atoms with Crippen molar-refractivity contribution in [2.75, 3.05) is 12.9 Å². The molecule has 0 heterocycles. The van der Waals surface area contributed by atoms with Crippen LogP contribution in [0.2, 0.25) is 0 Å². The summed E-state index contributed by atoms with van der Waals surface area (Å²) in [7, 11) is 0.186. The highest BCUT2D eigenvalue weighted by molar-refractivity contribution is 7.98. The van der Waals surface area contributed by atoms with Crippen molar-refractivity contribution in [2.45, 2.75) is 19.6 Å². The van der Waals surface area contributed by atoms with Crippen molar-refractivity contribution in [2.24, 2.45) is 5.92 Å². The summed E-state index contributed by atoms with van der Waals surface area (Å²) in [6.45, 7) is 4.33. The van der Waals surface area contributed by atoms with Crippen LogP contribution in [-0.2, 0) is 5.75 Å². The molecule has 0 saturated carbocycles. The van der Waals surface area contributed by atoms with Gasteiger partial charge in [-0.3, -0.25) is 0 Å². The second-order valence-electron chi connectivity index (χ2n) is 4.35. The lowest BCUT2D eigenvalue weighted by Crippen LogP contribution is -2.32. The molecule has 0 aromatic heterocycles. The average Bonchev–Trinajstić information content (AvgIpc) is 2.28. The largest absolute Gasteiger partial charge is 0.497 e. The molecule has 5 heteroatoms. The zero-order chi connectivity index (χ0) is 12.8. The number of benzene rings is 1. The van der Waals surface area contributed by atoms with Gasteiger partial charge in [-0.15, -0.1) is 0 Å². The third-order valence-corrected chi connectivity index (χ3v) is 3.75. The molecule has 0 aliphatic rings. The fourth-order valence-corrected chi connectivity index (χ4v) is 2.55. The van der Waals surface area contributed by atoms with E-state index in [0.29, 0.717) is 11.4 Å². The van der Waals surface area contributed by atoms with Gasteiger partial charge in [-0.05, 0) is 34.8 Å². The molecule has 0 bridgehead atoms. The van der Waals surface area contributed by atoms with Crippen molar-refractivity contribution in [3.63, 3.8) is 0 Å². The number of methoxy groups -OCH3 is 1. The quantitative estimate of drug-likeness (QED) is 0.750. The molecule has 1 rings (SSSR count). The zero-order valence-electron chi connectivity index (χ0n) is 10.5. The fourth-order valence-electron chi connectivity index (χ4n) is 1.49. The standard InChI is InChI=1S/C12H19BO3S/c1-9(2)7-17-8-10-6-11(16-3)4-5-12(10)13(14)15/h4-6,9,14-15H,7-8H2,1-3H3. The van der Waals surface area contributed by atoms with Gasteiger partial charge in [0.15, 0.2) is 0 Å². The summed E-state index contributed by atoms with van der Waals surface area (Å²) in [6.07, 6.45) is 0. The first kappa shape index (κ1) is 14.4. The van der Waals surface area contributed by atoms with Gasteiger partial charge in [-0.25, -0.2) is 0 Å². The highest BCUT2D eigenvalue weighted by atomic mass is 32.2. The lowest BCUT2D eigenvalue weighted by Gasteiger charge is -2.11. The highest BCUT2D eigenvalue weighted by Crippen LogP contribution is 2.18. The minimum Gasteiger partial charge on any atom is -0.497 e. The smallest absolute Gasteiger partial charge is 0.488 e. The minimum atomic E-state index is -1.42. The van der Waals surface area contributed by atoms with Gasteiger partial charge in [0.05, 0.1) is 7.11 Å². The van der Waals surface area contributed by atoms with Crippen LogP contribution in [0.5, 0.6) is 5.75 Å². The van der Waals surface area contributed by atoms with Gasteiger partial charge in [-0.2, -0.15) is 11.8 Å². The van der Waals surface area contributed by atoms with Crippen molar-refractivity contribution in [1.29, 1.82) is 0 Å². The molecule has 0 radical (unpaired) electrons. The third kappa shape index (κ3) is 4.62. The number of ether oxygens (including phenoxy) is 1. The van der Waals surface area contributed by atoms with E-state index in [1.165, 1.54) is 0 Å². The lowest BCUT2D eigenvalue weighted by atomic mass is 9.77. The fraction of sp³-hybridized carbons (Fsp3) is 0.500. The summed E-state index contributed by atoms with van der Waals surface area (Å²) in [6, 6.07) is 5.31. The Morgan fingerprint density at radius 1 is 1.35 bits per heavy atom. The van der Waals surface area contributed by atoms with E-state index in [1.54, 1.807) is 31.0 Å². The van der Waals surface area contributed by atoms with E-state index in [9.17, 15) is 10.0 Å². The Kier molecular flexibility index (Phi) is 5.88. The first-order valence-corrected chi connectivity index (χ1v) is 6.80. The van der Waals surface area contributed by atoms with Gasteiger partial charge in [0.25, 0.3) is 0 Å². The summed E-state index contributed by atoms with van der Waals surface area (Å²) in [5.41, 5.74) is 1.48. The van der Waals surface area contributed by atoms with Crippen LogP contribution in [0.15, 0.2) is 18.2 Å². The maximum absolute atomic E-state index is 9.28. The Balaban J connectivity index is 2.78. The maximum atomic E-state index is 9.28. The highest BCUT2D eigenvalue weighted by Gasteiger charge is 2.16. The molecule has 0 amide bonds. The van der Waals surface area contributed by atoms with Gasteiger partial charge >= 0.3 is 7.12 Å². The number of thioether (sulfide) groups is 1. The molecule has 0 saturated heterocycles. The van der Waals surface area contributed by atoms with Crippen LogP contribution >= 0.6 is 11.8 Å². The molecule has 1 aromatic carbocycles. The molecule has 0 aliphatic heterocycles. The van der Waals surface area contributed by atoms with Crippen molar-refractivity contribution in [1.82, 2.24) is 0 Å². The molecule has 0 spiro atoms. The van der Waals surface area contributed by atoms with E-state index in [1.807, 2.05) is 6.07 Å². The third-order valence-electron chi connectivity index (χ3n) is 2.34. The predicted molar refractivity (Wildman–Crippen MR) is 73.8 cm³/mol. The van der Waals surface area contributed by atoms with E-state index < -0.39 is 7.12 Å². The molecule has 0 fully saturated rings. The van der Waals surface area contributed by atoms with Crippen molar-refractivity contribution in [3.8, 4) is 5.75 Å². The molecule has 0 unspecified atom stereocenters. The van der Waals surface area contributed by atoms with Gasteiger partial charge in [-0.1, -0.05) is 19.9 Å². The minimum absolute atomic E-state index is 0.557. The van der Waals surface area contributed by atoms with E-state index in [4.69, 9.17) is 4.74 Å². The van der Waals surface area contributed by atoms with Crippen molar-refractivity contribution < 1.29 is 14.8 Å². The monoisotopic (exact) mass is 254 g/mol. The zero-order valence-corrected chi connectivity index (χ0v) is 11.3. The van der Waals surface area contributed by atoms with Crippen LogP contribution in [0, 0.1) is 5.92 Å². The Bertz CT molecular complexity index is 356. The molecule has 94 valence electrons. The lowest BCUT2D eigenvalue weighted by molar-refractivity contribution is 0.413. The van der Waals surface area contributed by atoms with E-state index in [-0.39, 0.29) is 0 Å². The SMILES string of the molecule is COc1ccc(B(O)O)c(CSCC(C)C)c1. The Labute approximate surface area is 107 Å². The number of hydrogen-bond acceptors (Lipinski definition) is 4. The summed E-state index contributed by atoms with van der Waals surface area (Å²) in [5, 5.41) is 18.6. The molecular weight excluding hydrogens is 235 g/mol. The molecule has 0 aliphatic carbocycles. The Hall–Kier alpha value is -0.645. The molecular formula is C12H19BO3S. The van der Waals surface area contributed by atoms with Crippen molar-refractivity contribution in [3.05, 3.63) is 23.8 Å². The van der Waals surface area contributed by atoms with Crippen LogP contribution in [0.25, 0.3) is 0 Å². The predicted octanol–water partition coefficient (Wildman–Crippen LogP) is 1.26. The van der Waals surface area contributed by atoms with Crippen LogP contribution < -0.4 is 10.2 Å². The molecule has 17 heavy (non-hydrogen) atoms. The topological polar surface area (TPSA) is 49.7 Å². The summed E-state index contributed by atoms with van der Waals surface area (Å²) in [5.74, 6) is 3.20.